The summed E-state index contributed by atoms with van der Waals surface area (Å²) in [4.78, 5) is 11.1. The number of carbonyl (C=O) groups excluding carboxylic acids is 1. The van der Waals surface area contributed by atoms with Gasteiger partial charge in [0.2, 0.25) is 0 Å². The zero-order valence-corrected chi connectivity index (χ0v) is 14.3. The second-order valence-electron chi connectivity index (χ2n) is 5.62. The standard InChI is InChI=1S/C15H20O8S/c1-8-4-6-11(7-5-8)24(19,20)23-13-12(17)9(2)21-15(18)14(13)22-10(3)16/h4-7,9,12-15,17-18H,1-3H3/t9-,12+,13+,14-,15-/m0/s1. The van der Waals surface area contributed by atoms with Crippen LogP contribution in [0.4, 0.5) is 0 Å². The molecule has 8 nitrogen and oxygen atoms in total. The minimum Gasteiger partial charge on any atom is -0.454 e. The monoisotopic (exact) mass is 360 g/mol. The van der Waals surface area contributed by atoms with Crippen molar-refractivity contribution in [3.8, 4) is 0 Å². The van der Waals surface area contributed by atoms with Crippen molar-refractivity contribution in [1.29, 1.82) is 0 Å². The number of ether oxygens (including phenoxy) is 2. The van der Waals surface area contributed by atoms with Crippen LogP contribution >= 0.6 is 0 Å². The van der Waals surface area contributed by atoms with Crippen LogP contribution in [0.15, 0.2) is 29.2 Å². The van der Waals surface area contributed by atoms with Crippen LogP contribution < -0.4 is 0 Å². The lowest BCUT2D eigenvalue weighted by molar-refractivity contribution is -0.277. The molecule has 1 aromatic rings. The molecule has 5 atom stereocenters. The molecule has 0 radical (unpaired) electrons. The molecule has 134 valence electrons. The van der Waals surface area contributed by atoms with E-state index in [1.807, 2.05) is 0 Å². The van der Waals surface area contributed by atoms with Gasteiger partial charge >= 0.3 is 5.97 Å². The van der Waals surface area contributed by atoms with E-state index in [0.717, 1.165) is 12.5 Å². The predicted molar refractivity (Wildman–Crippen MR) is 81.4 cm³/mol. The summed E-state index contributed by atoms with van der Waals surface area (Å²) in [6.45, 7) is 4.32. The zero-order valence-electron chi connectivity index (χ0n) is 13.4. The first-order chi connectivity index (χ1) is 11.1. The molecule has 0 saturated carbocycles. The second-order valence-corrected chi connectivity index (χ2v) is 7.20. The lowest BCUT2D eigenvalue weighted by Gasteiger charge is -2.40. The third-order valence-electron chi connectivity index (χ3n) is 3.63. The number of hydrogen-bond acceptors (Lipinski definition) is 8. The van der Waals surface area contributed by atoms with Crippen molar-refractivity contribution in [2.45, 2.75) is 56.4 Å². The molecule has 1 heterocycles. The molecule has 1 saturated heterocycles. The average molecular weight is 360 g/mol. The van der Waals surface area contributed by atoms with Crippen molar-refractivity contribution in [3.05, 3.63) is 29.8 Å². The van der Waals surface area contributed by atoms with Gasteiger partial charge in [-0.25, -0.2) is 0 Å². The molecule has 0 aliphatic carbocycles. The number of aliphatic hydroxyl groups excluding tert-OH is 2. The Kier molecular flexibility index (Phi) is 5.61. The van der Waals surface area contributed by atoms with E-state index >= 15 is 0 Å². The molecule has 1 aromatic carbocycles. The third-order valence-corrected chi connectivity index (χ3v) is 4.95. The molecular weight excluding hydrogens is 340 g/mol. The summed E-state index contributed by atoms with van der Waals surface area (Å²) in [5.41, 5.74) is 0.863. The SMILES string of the molecule is CC(=O)O[C@H]1[C@H](OS(=O)(=O)c2ccc(C)cc2)[C@H](O)[C@H](C)O[C@@H]1O. The van der Waals surface area contributed by atoms with Gasteiger partial charge in [0.1, 0.15) is 12.2 Å². The maximum absolute atomic E-state index is 12.4. The van der Waals surface area contributed by atoms with Gasteiger partial charge in [0.25, 0.3) is 10.1 Å². The van der Waals surface area contributed by atoms with Crippen molar-refractivity contribution in [2.75, 3.05) is 0 Å². The molecular formula is C15H20O8S. The second kappa shape index (κ2) is 7.16. The number of rotatable bonds is 4. The van der Waals surface area contributed by atoms with E-state index in [4.69, 9.17) is 13.7 Å². The number of esters is 1. The Hall–Kier alpha value is -1.52. The average Bonchev–Trinajstić information content (AvgIpc) is 2.48. The minimum absolute atomic E-state index is 0.115. The van der Waals surface area contributed by atoms with Crippen LogP contribution in [0.1, 0.15) is 19.4 Å². The normalized spacial score (nSPS) is 30.8. The molecule has 1 aliphatic heterocycles. The Morgan fingerprint density at radius 1 is 1.17 bits per heavy atom. The molecule has 0 bridgehead atoms. The summed E-state index contributed by atoms with van der Waals surface area (Å²) in [5, 5.41) is 20.1. The Balaban J connectivity index is 2.30. The van der Waals surface area contributed by atoms with Gasteiger partial charge in [0, 0.05) is 6.92 Å². The van der Waals surface area contributed by atoms with Gasteiger partial charge < -0.3 is 19.7 Å². The van der Waals surface area contributed by atoms with Crippen LogP contribution in [0, 0.1) is 6.92 Å². The van der Waals surface area contributed by atoms with Crippen LogP contribution in [-0.4, -0.2) is 55.3 Å². The van der Waals surface area contributed by atoms with E-state index in [1.54, 1.807) is 19.1 Å². The number of aryl methyl sites for hydroxylation is 1. The highest BCUT2D eigenvalue weighted by atomic mass is 32.2. The lowest BCUT2D eigenvalue weighted by Crippen LogP contribution is -2.59. The first-order valence-corrected chi connectivity index (χ1v) is 8.71. The molecule has 2 N–H and O–H groups in total. The van der Waals surface area contributed by atoms with E-state index in [9.17, 15) is 23.4 Å². The van der Waals surface area contributed by atoms with Crippen LogP contribution in [0.3, 0.4) is 0 Å². The molecule has 24 heavy (non-hydrogen) atoms. The van der Waals surface area contributed by atoms with E-state index in [-0.39, 0.29) is 4.90 Å². The van der Waals surface area contributed by atoms with Crippen molar-refractivity contribution in [2.24, 2.45) is 0 Å². The summed E-state index contributed by atoms with van der Waals surface area (Å²) in [5.74, 6) is -0.772. The van der Waals surface area contributed by atoms with Gasteiger partial charge in [-0.15, -0.1) is 0 Å². The molecule has 0 aromatic heterocycles. The summed E-state index contributed by atoms with van der Waals surface area (Å²) in [6.07, 6.45) is -6.93. The van der Waals surface area contributed by atoms with Crippen LogP contribution in [0.25, 0.3) is 0 Å². The topological polar surface area (TPSA) is 119 Å². The van der Waals surface area contributed by atoms with E-state index < -0.39 is 46.8 Å². The van der Waals surface area contributed by atoms with Gasteiger partial charge in [-0.2, -0.15) is 8.42 Å². The minimum atomic E-state index is -4.24. The van der Waals surface area contributed by atoms with Crippen molar-refractivity contribution >= 4 is 16.1 Å². The molecule has 0 unspecified atom stereocenters. The fraction of sp³-hybridized carbons (Fsp3) is 0.533. The Bertz CT molecular complexity index is 684. The number of hydrogen-bond donors (Lipinski definition) is 2. The van der Waals surface area contributed by atoms with Crippen molar-refractivity contribution in [3.63, 3.8) is 0 Å². The summed E-state index contributed by atoms with van der Waals surface area (Å²) >= 11 is 0. The Morgan fingerprint density at radius 3 is 2.29 bits per heavy atom. The fourth-order valence-corrected chi connectivity index (χ4v) is 3.43. The van der Waals surface area contributed by atoms with Gasteiger partial charge in [-0.3, -0.25) is 8.98 Å². The highest BCUT2D eigenvalue weighted by Gasteiger charge is 2.48. The van der Waals surface area contributed by atoms with Crippen molar-refractivity contribution in [1.82, 2.24) is 0 Å². The quantitative estimate of drug-likeness (QED) is 0.573. The zero-order chi connectivity index (χ0) is 18.1. The van der Waals surface area contributed by atoms with Crippen LogP contribution in [0.2, 0.25) is 0 Å². The molecule has 0 amide bonds. The van der Waals surface area contributed by atoms with E-state index in [1.165, 1.54) is 19.1 Å². The largest absolute Gasteiger partial charge is 0.454 e. The Labute approximate surface area is 140 Å². The van der Waals surface area contributed by atoms with Crippen LogP contribution in [0.5, 0.6) is 0 Å². The van der Waals surface area contributed by atoms with E-state index in [2.05, 4.69) is 0 Å². The molecule has 1 fully saturated rings. The molecule has 9 heteroatoms. The summed E-state index contributed by atoms with van der Waals surface area (Å²) in [6, 6.07) is 5.91. The van der Waals surface area contributed by atoms with Gasteiger partial charge in [-0.1, -0.05) is 17.7 Å². The molecule has 1 aliphatic rings. The molecule has 2 rings (SSSR count). The fourth-order valence-electron chi connectivity index (χ4n) is 2.34. The van der Waals surface area contributed by atoms with E-state index in [0.29, 0.717) is 0 Å². The first-order valence-electron chi connectivity index (χ1n) is 7.30. The van der Waals surface area contributed by atoms with Gasteiger partial charge in [-0.05, 0) is 26.0 Å². The first kappa shape index (κ1) is 18.8. The summed E-state index contributed by atoms with van der Waals surface area (Å²) < 4.78 is 39.8. The maximum Gasteiger partial charge on any atom is 0.303 e. The van der Waals surface area contributed by atoms with Crippen LogP contribution in [-0.2, 0) is 28.6 Å². The van der Waals surface area contributed by atoms with Gasteiger partial charge in [0.05, 0.1) is 11.0 Å². The smallest absolute Gasteiger partial charge is 0.303 e. The Morgan fingerprint density at radius 2 is 1.75 bits per heavy atom. The molecule has 0 spiro atoms. The van der Waals surface area contributed by atoms with Crippen molar-refractivity contribution < 1.29 is 37.1 Å². The third kappa shape index (κ3) is 4.11. The number of carbonyl (C=O) groups is 1. The van der Waals surface area contributed by atoms with Gasteiger partial charge in [0.15, 0.2) is 12.4 Å². The predicted octanol–water partition coefficient (Wildman–Crippen LogP) is 0.0986. The maximum atomic E-state index is 12.4. The summed E-state index contributed by atoms with van der Waals surface area (Å²) in [7, 11) is -4.24. The number of aliphatic hydroxyl groups is 2. The highest BCUT2D eigenvalue weighted by molar-refractivity contribution is 7.86. The number of benzene rings is 1. The lowest BCUT2D eigenvalue weighted by atomic mass is 10.00. The highest BCUT2D eigenvalue weighted by Crippen LogP contribution is 2.28.